The summed E-state index contributed by atoms with van der Waals surface area (Å²) in [5.41, 5.74) is 6.41. The molecule has 0 aliphatic heterocycles. The molecule has 0 spiro atoms. The van der Waals surface area contributed by atoms with Gasteiger partial charge in [-0.05, 0) is 42.8 Å². The quantitative estimate of drug-likeness (QED) is 0.708. The average molecular weight is 313 g/mol. The maximum absolute atomic E-state index is 12.7. The first-order valence-corrected chi connectivity index (χ1v) is 7.69. The van der Waals surface area contributed by atoms with Gasteiger partial charge >= 0.3 is 0 Å². The summed E-state index contributed by atoms with van der Waals surface area (Å²) >= 11 is 0. The number of rotatable bonds is 6. The molecule has 0 saturated carbocycles. The van der Waals surface area contributed by atoms with E-state index < -0.39 is 0 Å². The van der Waals surface area contributed by atoms with Crippen molar-refractivity contribution in [2.75, 3.05) is 19.8 Å². The van der Waals surface area contributed by atoms with Gasteiger partial charge in [0.05, 0.1) is 17.4 Å². The van der Waals surface area contributed by atoms with E-state index in [4.69, 9.17) is 19.6 Å². The Balaban J connectivity index is 2.11. The third-order valence-electron chi connectivity index (χ3n) is 3.47. The van der Waals surface area contributed by atoms with Gasteiger partial charge in [0.15, 0.2) is 0 Å². The van der Waals surface area contributed by atoms with Crippen LogP contribution in [0.2, 0.25) is 0 Å². The van der Waals surface area contributed by atoms with Gasteiger partial charge in [-0.3, -0.25) is 4.79 Å². The second kappa shape index (κ2) is 6.71. The fourth-order valence-corrected chi connectivity index (χ4v) is 2.39. The Morgan fingerprint density at radius 2 is 1.52 bits per heavy atom. The van der Waals surface area contributed by atoms with Gasteiger partial charge in [-0.2, -0.15) is 0 Å². The molecule has 3 aromatic rings. The first kappa shape index (κ1) is 15.4. The molecule has 2 N–H and O–H groups in total. The molecular formula is C18H19NO4. The summed E-state index contributed by atoms with van der Waals surface area (Å²) in [6.07, 6.45) is 0.909. The van der Waals surface area contributed by atoms with Crippen molar-refractivity contribution < 1.29 is 13.9 Å². The number of ether oxygens (including phenoxy) is 2. The van der Waals surface area contributed by atoms with E-state index in [1.807, 2.05) is 13.0 Å². The molecule has 0 aliphatic carbocycles. The summed E-state index contributed by atoms with van der Waals surface area (Å²) in [5, 5.41) is 0.988. The van der Waals surface area contributed by atoms with Gasteiger partial charge in [0.2, 0.25) is 5.43 Å². The van der Waals surface area contributed by atoms with Crippen LogP contribution in [0.5, 0.6) is 11.5 Å². The Labute approximate surface area is 133 Å². The lowest BCUT2D eigenvalue weighted by Crippen LogP contribution is -2.11. The van der Waals surface area contributed by atoms with Gasteiger partial charge < -0.3 is 19.6 Å². The van der Waals surface area contributed by atoms with E-state index in [0.717, 1.165) is 6.42 Å². The molecule has 1 heterocycles. The summed E-state index contributed by atoms with van der Waals surface area (Å²) in [4.78, 5) is 12.7. The molecule has 5 nitrogen and oxygen atoms in total. The van der Waals surface area contributed by atoms with E-state index >= 15 is 0 Å². The summed E-state index contributed by atoms with van der Waals surface area (Å²) in [6, 6.07) is 10.5. The predicted octanol–water partition coefficient (Wildman–Crippen LogP) is 3.07. The second-order valence-corrected chi connectivity index (χ2v) is 5.23. The zero-order valence-corrected chi connectivity index (χ0v) is 13.0. The predicted molar refractivity (Wildman–Crippen MR) is 90.3 cm³/mol. The van der Waals surface area contributed by atoms with Crippen molar-refractivity contribution in [3.63, 3.8) is 0 Å². The molecule has 120 valence electrons. The van der Waals surface area contributed by atoms with Crippen molar-refractivity contribution in [1.29, 1.82) is 0 Å². The Kier molecular flexibility index (Phi) is 4.48. The second-order valence-electron chi connectivity index (χ2n) is 5.23. The van der Waals surface area contributed by atoms with E-state index in [9.17, 15) is 4.79 Å². The summed E-state index contributed by atoms with van der Waals surface area (Å²) in [5.74, 6) is 1.27. The first-order chi connectivity index (χ1) is 11.2. The number of fused-ring (bicyclic) bond motifs is 2. The minimum Gasteiger partial charge on any atom is -0.494 e. The summed E-state index contributed by atoms with van der Waals surface area (Å²) < 4.78 is 16.9. The molecule has 0 unspecified atom stereocenters. The molecule has 0 bridgehead atoms. The molecular weight excluding hydrogens is 294 g/mol. The van der Waals surface area contributed by atoms with Crippen LogP contribution in [0.25, 0.3) is 21.9 Å². The minimum atomic E-state index is -0.0959. The fourth-order valence-electron chi connectivity index (χ4n) is 2.39. The number of nitrogens with two attached hydrogens (primary N) is 1. The molecule has 3 rings (SSSR count). The average Bonchev–Trinajstić information content (AvgIpc) is 2.59. The zero-order valence-electron chi connectivity index (χ0n) is 13.0. The highest BCUT2D eigenvalue weighted by Gasteiger charge is 2.10. The summed E-state index contributed by atoms with van der Waals surface area (Å²) in [7, 11) is 0. The van der Waals surface area contributed by atoms with Crippen LogP contribution in [0.4, 0.5) is 0 Å². The van der Waals surface area contributed by atoms with Crippen molar-refractivity contribution in [3.8, 4) is 11.5 Å². The number of hydrogen-bond donors (Lipinski definition) is 1. The third kappa shape index (κ3) is 3.14. The standard InChI is InChI=1S/C18H19NO4/c1-2-8-21-12-3-5-16-14(10-12)18(20)15-11-13(22-9-7-19)4-6-17(15)23-16/h3-6,10-11H,2,7-9,19H2,1H3. The highest BCUT2D eigenvalue weighted by atomic mass is 16.5. The summed E-state index contributed by atoms with van der Waals surface area (Å²) in [6.45, 7) is 3.47. The lowest BCUT2D eigenvalue weighted by atomic mass is 10.1. The SMILES string of the molecule is CCCOc1ccc2oc3ccc(OCCN)cc3c(=O)c2c1. The van der Waals surface area contributed by atoms with Crippen molar-refractivity contribution in [2.45, 2.75) is 13.3 Å². The van der Waals surface area contributed by atoms with Gasteiger partial charge in [-0.25, -0.2) is 0 Å². The van der Waals surface area contributed by atoms with E-state index in [1.165, 1.54) is 0 Å². The Morgan fingerprint density at radius 1 is 0.957 bits per heavy atom. The fraction of sp³-hybridized carbons (Fsp3) is 0.278. The maximum Gasteiger partial charge on any atom is 0.200 e. The van der Waals surface area contributed by atoms with Gasteiger partial charge in [-0.1, -0.05) is 6.92 Å². The topological polar surface area (TPSA) is 74.7 Å². The molecule has 23 heavy (non-hydrogen) atoms. The molecule has 5 heteroatoms. The van der Waals surface area contributed by atoms with E-state index in [2.05, 4.69) is 0 Å². The van der Waals surface area contributed by atoms with Gasteiger partial charge in [0.1, 0.15) is 29.3 Å². The van der Waals surface area contributed by atoms with Crippen LogP contribution in [0, 0.1) is 0 Å². The zero-order chi connectivity index (χ0) is 16.2. The minimum absolute atomic E-state index is 0.0959. The largest absolute Gasteiger partial charge is 0.494 e. The van der Waals surface area contributed by atoms with Crippen LogP contribution >= 0.6 is 0 Å². The molecule has 0 fully saturated rings. The molecule has 1 aromatic heterocycles. The van der Waals surface area contributed by atoms with Crippen molar-refractivity contribution in [1.82, 2.24) is 0 Å². The maximum atomic E-state index is 12.7. The molecule has 0 amide bonds. The van der Waals surface area contributed by atoms with Crippen LogP contribution in [0.1, 0.15) is 13.3 Å². The number of hydrogen-bond acceptors (Lipinski definition) is 5. The van der Waals surface area contributed by atoms with Crippen LogP contribution in [0.15, 0.2) is 45.6 Å². The molecule has 2 aromatic carbocycles. The van der Waals surface area contributed by atoms with Gasteiger partial charge in [0.25, 0.3) is 0 Å². The van der Waals surface area contributed by atoms with Crippen LogP contribution in [-0.2, 0) is 0 Å². The molecule has 0 saturated heterocycles. The Bertz CT molecular complexity index is 816. The normalized spacial score (nSPS) is 11.0. The monoisotopic (exact) mass is 313 g/mol. The Hall–Kier alpha value is -2.53. The lowest BCUT2D eigenvalue weighted by Gasteiger charge is -2.08. The first-order valence-electron chi connectivity index (χ1n) is 7.69. The molecule has 0 atom stereocenters. The third-order valence-corrected chi connectivity index (χ3v) is 3.47. The number of benzene rings is 2. The van der Waals surface area contributed by atoms with E-state index in [-0.39, 0.29) is 5.43 Å². The molecule has 0 aliphatic rings. The van der Waals surface area contributed by atoms with Crippen LogP contribution < -0.4 is 20.6 Å². The van der Waals surface area contributed by atoms with Gasteiger partial charge in [-0.15, -0.1) is 0 Å². The van der Waals surface area contributed by atoms with E-state index in [0.29, 0.717) is 53.2 Å². The van der Waals surface area contributed by atoms with Crippen LogP contribution in [0.3, 0.4) is 0 Å². The van der Waals surface area contributed by atoms with Gasteiger partial charge in [0, 0.05) is 6.54 Å². The smallest absolute Gasteiger partial charge is 0.200 e. The van der Waals surface area contributed by atoms with E-state index in [1.54, 1.807) is 30.3 Å². The van der Waals surface area contributed by atoms with Crippen molar-refractivity contribution in [2.24, 2.45) is 5.73 Å². The Morgan fingerprint density at radius 3 is 2.04 bits per heavy atom. The lowest BCUT2D eigenvalue weighted by molar-refractivity contribution is 0.318. The highest BCUT2D eigenvalue weighted by Crippen LogP contribution is 2.25. The highest BCUT2D eigenvalue weighted by molar-refractivity contribution is 5.90. The van der Waals surface area contributed by atoms with Crippen molar-refractivity contribution >= 4 is 21.9 Å². The van der Waals surface area contributed by atoms with Crippen LogP contribution in [-0.4, -0.2) is 19.8 Å². The molecule has 0 radical (unpaired) electrons. The van der Waals surface area contributed by atoms with Crippen molar-refractivity contribution in [3.05, 3.63) is 46.6 Å².